The lowest BCUT2D eigenvalue weighted by molar-refractivity contribution is 0.0597. The minimum Gasteiger partial charge on any atom is -0.507 e. The van der Waals surface area contributed by atoms with E-state index in [-0.39, 0.29) is 11.3 Å². The van der Waals surface area contributed by atoms with E-state index in [2.05, 4.69) is 4.74 Å². The lowest BCUT2D eigenvalue weighted by Crippen LogP contribution is -2.36. The van der Waals surface area contributed by atoms with Crippen LogP contribution in [0.4, 0.5) is 0 Å². The van der Waals surface area contributed by atoms with Crippen LogP contribution in [0.15, 0.2) is 30.3 Å². The van der Waals surface area contributed by atoms with Gasteiger partial charge in [-0.05, 0) is 17.5 Å². The Kier molecular flexibility index (Phi) is 2.97. The highest BCUT2D eigenvalue weighted by Gasteiger charge is 2.23. The summed E-state index contributed by atoms with van der Waals surface area (Å²) < 4.78 is 10.2. The number of fused-ring (bicyclic) bond motifs is 3. The van der Waals surface area contributed by atoms with Gasteiger partial charge in [-0.2, -0.15) is 0 Å². The van der Waals surface area contributed by atoms with Gasteiger partial charge in [-0.1, -0.05) is 24.3 Å². The molecule has 2 aromatic carbocycles. The predicted octanol–water partition coefficient (Wildman–Crippen LogP) is 1.73. The summed E-state index contributed by atoms with van der Waals surface area (Å²) in [5.74, 6) is -0.341. The molecule has 0 saturated carbocycles. The van der Waals surface area contributed by atoms with Crippen molar-refractivity contribution < 1.29 is 19.4 Å². The number of carbonyl (C=O) groups excluding carboxylic acids is 1. The van der Waals surface area contributed by atoms with Crippen molar-refractivity contribution in [3.05, 3.63) is 41.5 Å². The van der Waals surface area contributed by atoms with Crippen molar-refractivity contribution in [1.82, 2.24) is 0 Å². The first-order valence-electron chi connectivity index (χ1n) is 6.25. The number of hydrogen-bond acceptors (Lipinski definition) is 4. The zero-order valence-corrected chi connectivity index (χ0v) is 11.3. The van der Waals surface area contributed by atoms with E-state index in [1.165, 1.54) is 19.2 Å². The van der Waals surface area contributed by atoms with Gasteiger partial charge in [0.1, 0.15) is 32.8 Å². The number of aromatic hydroxyl groups is 1. The molecular formula is C15H10B2O4. The molecule has 100 valence electrons. The largest absolute Gasteiger partial charge is 0.507 e. The molecule has 0 saturated heterocycles. The molecule has 2 aromatic rings. The summed E-state index contributed by atoms with van der Waals surface area (Å²) in [6.45, 7) is 0. The minimum atomic E-state index is -1.40. The Morgan fingerprint density at radius 3 is 2.81 bits per heavy atom. The first-order valence-corrected chi connectivity index (χ1v) is 6.25. The van der Waals surface area contributed by atoms with Crippen LogP contribution in [0.1, 0.15) is 15.9 Å². The van der Waals surface area contributed by atoms with E-state index < -0.39 is 11.4 Å². The van der Waals surface area contributed by atoms with E-state index in [1.54, 1.807) is 12.2 Å². The summed E-state index contributed by atoms with van der Waals surface area (Å²) in [4.78, 5) is 11.6. The predicted molar refractivity (Wildman–Crippen MR) is 80.9 cm³/mol. The second-order valence-corrected chi connectivity index (χ2v) is 4.85. The normalized spacial score (nSPS) is 15.3. The average molecular weight is 276 g/mol. The lowest BCUT2D eigenvalue weighted by atomic mass is 9.64. The van der Waals surface area contributed by atoms with Gasteiger partial charge in [-0.15, -0.1) is 0 Å². The van der Waals surface area contributed by atoms with Crippen molar-refractivity contribution in [1.29, 1.82) is 0 Å². The lowest BCUT2D eigenvalue weighted by Gasteiger charge is -2.30. The van der Waals surface area contributed by atoms with Crippen LogP contribution in [0, 0.1) is 0 Å². The van der Waals surface area contributed by atoms with Gasteiger partial charge in [0.05, 0.1) is 7.11 Å². The molecule has 1 N–H and O–H groups in total. The van der Waals surface area contributed by atoms with Gasteiger partial charge in [-0.3, -0.25) is 0 Å². The molecule has 0 amide bonds. The smallest absolute Gasteiger partial charge is 0.341 e. The Bertz CT molecular complexity index is 781. The number of carbonyl (C=O) groups is 1. The van der Waals surface area contributed by atoms with Crippen LogP contribution >= 0.6 is 0 Å². The van der Waals surface area contributed by atoms with E-state index in [0.29, 0.717) is 16.5 Å². The quantitative estimate of drug-likeness (QED) is 0.636. The van der Waals surface area contributed by atoms with Crippen LogP contribution in [0.3, 0.4) is 0 Å². The fourth-order valence-corrected chi connectivity index (χ4v) is 2.30. The molecule has 0 bridgehead atoms. The van der Waals surface area contributed by atoms with Gasteiger partial charge in [0.25, 0.3) is 0 Å². The van der Waals surface area contributed by atoms with Crippen LogP contribution in [0.2, 0.25) is 0 Å². The van der Waals surface area contributed by atoms with Crippen LogP contribution < -0.4 is 4.74 Å². The first kappa shape index (κ1) is 13.6. The zero-order chi connectivity index (χ0) is 15.2. The summed E-state index contributed by atoms with van der Waals surface area (Å²) in [5.41, 5.74) is 0.877. The van der Waals surface area contributed by atoms with Gasteiger partial charge in [0, 0.05) is 16.3 Å². The SMILES string of the molecule is [B]C1([B])C=Cc2ccc3cc(C(=O)OC)c(O)cc3c2O1. The van der Waals surface area contributed by atoms with Gasteiger partial charge in [0.15, 0.2) is 0 Å². The number of phenols is 1. The number of ether oxygens (including phenoxy) is 2. The first-order chi connectivity index (χ1) is 9.91. The summed E-state index contributed by atoms with van der Waals surface area (Å²) in [6, 6.07) is 6.61. The van der Waals surface area contributed by atoms with Crippen LogP contribution in [0.5, 0.6) is 11.5 Å². The molecule has 0 unspecified atom stereocenters. The van der Waals surface area contributed by atoms with Gasteiger partial charge < -0.3 is 14.6 Å². The molecule has 0 atom stereocenters. The average Bonchev–Trinajstić information content (AvgIpc) is 2.45. The van der Waals surface area contributed by atoms with E-state index >= 15 is 0 Å². The third-order valence-corrected chi connectivity index (χ3v) is 3.32. The zero-order valence-electron chi connectivity index (χ0n) is 11.3. The van der Waals surface area contributed by atoms with Crippen molar-refractivity contribution in [2.24, 2.45) is 0 Å². The molecule has 0 aromatic heterocycles. The number of methoxy groups -OCH3 is 1. The molecule has 0 aliphatic carbocycles. The van der Waals surface area contributed by atoms with Crippen molar-refractivity contribution in [3.8, 4) is 11.5 Å². The van der Waals surface area contributed by atoms with E-state index in [9.17, 15) is 9.90 Å². The summed E-state index contributed by atoms with van der Waals surface area (Å²) in [7, 11) is 12.8. The third kappa shape index (κ3) is 2.27. The molecule has 0 spiro atoms. The molecule has 21 heavy (non-hydrogen) atoms. The molecule has 3 rings (SSSR count). The molecule has 1 heterocycles. The number of esters is 1. The molecule has 4 nitrogen and oxygen atoms in total. The molecule has 1 aliphatic rings. The Balaban J connectivity index is 2.25. The topological polar surface area (TPSA) is 55.8 Å². The standard InChI is InChI=1S/C15H10B2O4/c1-20-14(19)11-6-9-3-2-8-4-5-15(16,17)21-13(8)10(9)7-12(11)18/h2-7,18H,1H3. The fraction of sp³-hybridized carbons (Fsp3) is 0.133. The van der Waals surface area contributed by atoms with Gasteiger partial charge >= 0.3 is 5.97 Å². The monoisotopic (exact) mass is 276 g/mol. The van der Waals surface area contributed by atoms with Crippen LogP contribution in [-0.4, -0.2) is 39.3 Å². The Labute approximate surface area is 124 Å². The number of benzene rings is 2. The number of hydrogen-bond donors (Lipinski definition) is 1. The maximum atomic E-state index is 11.6. The van der Waals surface area contributed by atoms with Crippen molar-refractivity contribution in [2.75, 3.05) is 7.11 Å². The second-order valence-electron chi connectivity index (χ2n) is 4.85. The summed E-state index contributed by atoms with van der Waals surface area (Å²) in [5, 5.41) is 9.92. The summed E-state index contributed by atoms with van der Waals surface area (Å²) in [6.07, 6.45) is 3.30. The molecule has 6 heteroatoms. The second kappa shape index (κ2) is 4.58. The highest BCUT2D eigenvalue weighted by atomic mass is 16.5. The van der Waals surface area contributed by atoms with Crippen molar-refractivity contribution in [2.45, 2.75) is 5.40 Å². The van der Waals surface area contributed by atoms with E-state index in [1.807, 2.05) is 12.1 Å². The van der Waals surface area contributed by atoms with Crippen molar-refractivity contribution >= 4 is 38.5 Å². The Morgan fingerprint density at radius 1 is 1.33 bits per heavy atom. The Morgan fingerprint density at radius 2 is 2.10 bits per heavy atom. The highest BCUT2D eigenvalue weighted by Crippen LogP contribution is 2.38. The molecule has 0 fully saturated rings. The van der Waals surface area contributed by atoms with Crippen molar-refractivity contribution in [3.63, 3.8) is 0 Å². The number of phenolic OH excluding ortho intramolecular Hbond substituents is 1. The molecular weight excluding hydrogens is 266 g/mol. The third-order valence-electron chi connectivity index (χ3n) is 3.32. The van der Waals surface area contributed by atoms with Crippen LogP contribution in [-0.2, 0) is 4.74 Å². The Hall–Kier alpha value is -2.36. The maximum absolute atomic E-state index is 11.6. The van der Waals surface area contributed by atoms with Gasteiger partial charge in [0.2, 0.25) is 0 Å². The molecule has 1 aliphatic heterocycles. The fourth-order valence-electron chi connectivity index (χ4n) is 2.30. The molecule has 4 radical (unpaired) electrons. The van der Waals surface area contributed by atoms with E-state index in [4.69, 9.17) is 20.4 Å². The van der Waals surface area contributed by atoms with Gasteiger partial charge in [-0.25, -0.2) is 4.79 Å². The van der Waals surface area contributed by atoms with Crippen LogP contribution in [0.25, 0.3) is 16.8 Å². The minimum absolute atomic E-state index is 0.0862. The highest BCUT2D eigenvalue weighted by molar-refractivity contribution is 6.41. The number of rotatable bonds is 1. The maximum Gasteiger partial charge on any atom is 0.341 e. The van der Waals surface area contributed by atoms with E-state index in [0.717, 1.165) is 5.56 Å². The summed E-state index contributed by atoms with van der Waals surface area (Å²) >= 11 is 0.